The summed E-state index contributed by atoms with van der Waals surface area (Å²) in [6, 6.07) is 7.27. The number of anilines is 1. The Bertz CT molecular complexity index is 718. The fraction of sp³-hybridized carbons (Fsp3) is 0.154. The van der Waals surface area contributed by atoms with Crippen LogP contribution in [0.1, 0.15) is 5.69 Å². The molecule has 4 nitrogen and oxygen atoms in total. The quantitative estimate of drug-likeness (QED) is 0.853. The van der Waals surface area contributed by atoms with E-state index < -0.39 is 15.7 Å². The molecule has 106 valence electrons. The Hall–Kier alpha value is -1.47. The number of sulfone groups is 1. The molecular weight excluding hydrogens is 347 g/mol. The first-order valence-corrected chi connectivity index (χ1v) is 8.38. The highest BCUT2D eigenvalue weighted by Gasteiger charge is 2.11. The average Bonchev–Trinajstić information content (AvgIpc) is 2.38. The summed E-state index contributed by atoms with van der Waals surface area (Å²) in [5.74, 6) is -0.505. The summed E-state index contributed by atoms with van der Waals surface area (Å²) >= 11 is 3.27. The Morgan fingerprint density at radius 1 is 1.30 bits per heavy atom. The van der Waals surface area contributed by atoms with Gasteiger partial charge in [0.15, 0.2) is 9.84 Å². The first kappa shape index (κ1) is 14.9. The molecule has 20 heavy (non-hydrogen) atoms. The number of aromatic nitrogens is 1. The van der Waals surface area contributed by atoms with Gasteiger partial charge in [-0.15, -0.1) is 0 Å². The SMILES string of the molecule is CS(=O)(=O)c1ccc(F)c(NCc2ccc(Br)cn2)c1. The predicted molar refractivity (Wildman–Crippen MR) is 78.8 cm³/mol. The van der Waals surface area contributed by atoms with Crippen LogP contribution in [0.3, 0.4) is 0 Å². The van der Waals surface area contributed by atoms with E-state index in [1.165, 1.54) is 12.1 Å². The number of benzene rings is 1. The lowest BCUT2D eigenvalue weighted by atomic mass is 10.3. The van der Waals surface area contributed by atoms with Gasteiger partial charge in [-0.2, -0.15) is 0 Å². The smallest absolute Gasteiger partial charge is 0.175 e. The minimum atomic E-state index is -3.36. The Morgan fingerprint density at radius 3 is 2.65 bits per heavy atom. The highest BCUT2D eigenvalue weighted by molar-refractivity contribution is 9.10. The van der Waals surface area contributed by atoms with Gasteiger partial charge in [-0.05, 0) is 46.3 Å². The summed E-state index contributed by atoms with van der Waals surface area (Å²) in [6.45, 7) is 0.303. The van der Waals surface area contributed by atoms with Crippen LogP contribution < -0.4 is 5.32 Å². The zero-order chi connectivity index (χ0) is 14.8. The van der Waals surface area contributed by atoms with Crippen LogP contribution in [0, 0.1) is 5.82 Å². The summed E-state index contributed by atoms with van der Waals surface area (Å²) in [7, 11) is -3.36. The van der Waals surface area contributed by atoms with Crippen LogP contribution in [0.5, 0.6) is 0 Å². The molecule has 0 spiro atoms. The lowest BCUT2D eigenvalue weighted by Crippen LogP contribution is -2.05. The van der Waals surface area contributed by atoms with E-state index in [-0.39, 0.29) is 10.6 Å². The van der Waals surface area contributed by atoms with Gasteiger partial charge in [0.25, 0.3) is 0 Å². The molecule has 7 heteroatoms. The second-order valence-corrected chi connectivity index (χ2v) is 7.17. The van der Waals surface area contributed by atoms with Crippen LogP contribution in [0.4, 0.5) is 10.1 Å². The highest BCUT2D eigenvalue weighted by atomic mass is 79.9. The van der Waals surface area contributed by atoms with E-state index >= 15 is 0 Å². The maximum Gasteiger partial charge on any atom is 0.175 e. The number of nitrogens with zero attached hydrogens (tertiary/aromatic N) is 1. The van der Waals surface area contributed by atoms with Crippen molar-refractivity contribution in [1.82, 2.24) is 4.98 Å². The molecule has 0 radical (unpaired) electrons. The van der Waals surface area contributed by atoms with Gasteiger partial charge in [0.1, 0.15) is 5.82 Å². The van der Waals surface area contributed by atoms with Crippen molar-refractivity contribution in [2.24, 2.45) is 0 Å². The van der Waals surface area contributed by atoms with Crippen molar-refractivity contribution < 1.29 is 12.8 Å². The topological polar surface area (TPSA) is 59.1 Å². The van der Waals surface area contributed by atoms with Gasteiger partial charge < -0.3 is 5.32 Å². The number of pyridine rings is 1. The van der Waals surface area contributed by atoms with Gasteiger partial charge in [0.2, 0.25) is 0 Å². The molecule has 0 fully saturated rings. The zero-order valence-electron chi connectivity index (χ0n) is 10.6. The van der Waals surface area contributed by atoms with E-state index in [9.17, 15) is 12.8 Å². The maximum atomic E-state index is 13.6. The molecule has 1 heterocycles. The predicted octanol–water partition coefficient (Wildman–Crippen LogP) is 3.00. The molecule has 0 atom stereocenters. The third-order valence-corrected chi connectivity index (χ3v) is 4.19. The van der Waals surface area contributed by atoms with Gasteiger partial charge in [-0.25, -0.2) is 12.8 Å². The van der Waals surface area contributed by atoms with Crippen LogP contribution in [0.15, 0.2) is 45.9 Å². The zero-order valence-corrected chi connectivity index (χ0v) is 13.0. The monoisotopic (exact) mass is 358 g/mol. The van der Waals surface area contributed by atoms with Gasteiger partial charge in [0, 0.05) is 16.9 Å². The number of hydrogen-bond donors (Lipinski definition) is 1. The summed E-state index contributed by atoms with van der Waals surface area (Å²) in [6.07, 6.45) is 2.72. The van der Waals surface area contributed by atoms with Crippen molar-refractivity contribution in [2.45, 2.75) is 11.4 Å². The number of nitrogens with one attached hydrogen (secondary N) is 1. The van der Waals surface area contributed by atoms with Gasteiger partial charge in [0.05, 0.1) is 22.8 Å². The van der Waals surface area contributed by atoms with Crippen LogP contribution in [-0.4, -0.2) is 19.7 Å². The van der Waals surface area contributed by atoms with Crippen molar-refractivity contribution in [3.8, 4) is 0 Å². The van der Waals surface area contributed by atoms with Crippen molar-refractivity contribution in [2.75, 3.05) is 11.6 Å². The Kier molecular flexibility index (Phi) is 4.39. The van der Waals surface area contributed by atoms with Crippen LogP contribution >= 0.6 is 15.9 Å². The second kappa shape index (κ2) is 5.88. The van der Waals surface area contributed by atoms with Crippen LogP contribution in [0.2, 0.25) is 0 Å². The minimum Gasteiger partial charge on any atom is -0.377 e. The van der Waals surface area contributed by atoms with Crippen LogP contribution in [0.25, 0.3) is 0 Å². The van der Waals surface area contributed by atoms with E-state index in [4.69, 9.17) is 0 Å². The largest absolute Gasteiger partial charge is 0.377 e. The van der Waals surface area contributed by atoms with Crippen LogP contribution in [-0.2, 0) is 16.4 Å². The molecule has 0 saturated heterocycles. The molecule has 0 unspecified atom stereocenters. The summed E-state index contributed by atoms with van der Waals surface area (Å²) in [5.41, 5.74) is 0.856. The molecule has 0 saturated carbocycles. The van der Waals surface area contributed by atoms with E-state index in [1.807, 2.05) is 6.07 Å². The van der Waals surface area contributed by atoms with Crippen molar-refractivity contribution in [1.29, 1.82) is 0 Å². The molecule has 1 N–H and O–H groups in total. The first-order chi connectivity index (χ1) is 9.36. The van der Waals surface area contributed by atoms with Gasteiger partial charge in [-0.3, -0.25) is 4.98 Å². The van der Waals surface area contributed by atoms with Crippen molar-refractivity contribution >= 4 is 31.5 Å². The Balaban J connectivity index is 2.19. The van der Waals surface area contributed by atoms with E-state index in [0.717, 1.165) is 22.5 Å². The normalized spacial score (nSPS) is 11.3. The molecule has 0 bridgehead atoms. The molecule has 1 aromatic carbocycles. The highest BCUT2D eigenvalue weighted by Crippen LogP contribution is 2.20. The van der Waals surface area contributed by atoms with E-state index in [0.29, 0.717) is 6.54 Å². The van der Waals surface area contributed by atoms with E-state index in [1.54, 1.807) is 12.3 Å². The molecule has 0 aliphatic rings. The summed E-state index contributed by atoms with van der Waals surface area (Å²) in [5, 5.41) is 2.84. The second-order valence-electron chi connectivity index (χ2n) is 4.24. The molecule has 0 aliphatic carbocycles. The Labute approximate surface area is 125 Å². The lowest BCUT2D eigenvalue weighted by molar-refractivity contribution is 0.600. The third-order valence-electron chi connectivity index (χ3n) is 2.61. The van der Waals surface area contributed by atoms with Crippen molar-refractivity contribution in [3.63, 3.8) is 0 Å². The van der Waals surface area contributed by atoms with Gasteiger partial charge in [-0.1, -0.05) is 0 Å². The Morgan fingerprint density at radius 2 is 2.05 bits per heavy atom. The van der Waals surface area contributed by atoms with E-state index in [2.05, 4.69) is 26.2 Å². The molecule has 2 rings (SSSR count). The first-order valence-electron chi connectivity index (χ1n) is 5.70. The number of rotatable bonds is 4. The molecule has 2 aromatic rings. The third kappa shape index (κ3) is 3.77. The lowest BCUT2D eigenvalue weighted by Gasteiger charge is -2.09. The maximum absolute atomic E-state index is 13.6. The molecule has 0 aliphatic heterocycles. The standard InChI is InChI=1S/C13H12BrFN2O2S/c1-20(18,19)11-4-5-12(15)13(6-11)17-8-10-3-2-9(14)7-16-10/h2-7,17H,8H2,1H3. The minimum absolute atomic E-state index is 0.0742. The molecule has 1 aromatic heterocycles. The molecule has 0 amide bonds. The van der Waals surface area contributed by atoms with Crippen molar-refractivity contribution in [3.05, 3.63) is 52.5 Å². The average molecular weight is 359 g/mol. The van der Waals surface area contributed by atoms with Gasteiger partial charge >= 0.3 is 0 Å². The number of halogens is 2. The fourth-order valence-corrected chi connectivity index (χ4v) is 2.45. The molecular formula is C13H12BrFN2O2S. The fourth-order valence-electron chi connectivity index (χ4n) is 1.57. The summed E-state index contributed by atoms with van der Waals surface area (Å²) < 4.78 is 37.4. The summed E-state index contributed by atoms with van der Waals surface area (Å²) in [4.78, 5) is 4.22. The number of hydrogen-bond acceptors (Lipinski definition) is 4.